The quantitative estimate of drug-likeness (QED) is 0.766. The molecular weight excluding hydrogens is 278 g/mol. The summed E-state index contributed by atoms with van der Waals surface area (Å²) < 4.78 is 27.1. The third kappa shape index (κ3) is 3.74. The highest BCUT2D eigenvalue weighted by Gasteiger charge is 2.31. The van der Waals surface area contributed by atoms with Crippen molar-refractivity contribution in [3.63, 3.8) is 0 Å². The predicted molar refractivity (Wildman–Crippen MR) is 66.7 cm³/mol. The van der Waals surface area contributed by atoms with Gasteiger partial charge >= 0.3 is 0 Å². The molecule has 1 saturated heterocycles. The smallest absolute Gasteiger partial charge is 0.232 e. The SMILES string of the molecule is O=C1CC(CS(=O)(=O)Cl)CN1CCc1ccco1. The van der Waals surface area contributed by atoms with Crippen LogP contribution in [0.4, 0.5) is 0 Å². The Morgan fingerprint density at radius 2 is 2.28 bits per heavy atom. The van der Waals surface area contributed by atoms with E-state index in [9.17, 15) is 13.2 Å². The van der Waals surface area contributed by atoms with Gasteiger partial charge in [0.25, 0.3) is 0 Å². The Kier molecular flexibility index (Phi) is 3.97. The number of carbonyl (C=O) groups is 1. The van der Waals surface area contributed by atoms with Crippen LogP contribution >= 0.6 is 10.7 Å². The van der Waals surface area contributed by atoms with Gasteiger partial charge in [-0.2, -0.15) is 0 Å². The molecule has 2 heterocycles. The number of hydrogen-bond donors (Lipinski definition) is 0. The highest BCUT2D eigenvalue weighted by molar-refractivity contribution is 8.13. The Morgan fingerprint density at radius 3 is 2.89 bits per heavy atom. The molecule has 100 valence electrons. The Balaban J connectivity index is 1.86. The van der Waals surface area contributed by atoms with Gasteiger partial charge in [-0.1, -0.05) is 0 Å². The van der Waals surface area contributed by atoms with Gasteiger partial charge in [-0.25, -0.2) is 8.42 Å². The minimum Gasteiger partial charge on any atom is -0.469 e. The molecule has 1 unspecified atom stereocenters. The van der Waals surface area contributed by atoms with E-state index in [2.05, 4.69) is 0 Å². The van der Waals surface area contributed by atoms with Crippen LogP contribution in [0.5, 0.6) is 0 Å². The summed E-state index contributed by atoms with van der Waals surface area (Å²) in [5.41, 5.74) is 0. The van der Waals surface area contributed by atoms with Gasteiger partial charge in [-0.15, -0.1) is 0 Å². The average molecular weight is 292 g/mol. The van der Waals surface area contributed by atoms with E-state index in [0.29, 0.717) is 19.5 Å². The molecule has 0 spiro atoms. The van der Waals surface area contributed by atoms with Crippen molar-refractivity contribution in [3.05, 3.63) is 24.2 Å². The van der Waals surface area contributed by atoms with E-state index in [0.717, 1.165) is 5.76 Å². The van der Waals surface area contributed by atoms with Crippen LogP contribution < -0.4 is 0 Å². The number of amides is 1. The zero-order valence-electron chi connectivity index (χ0n) is 9.71. The zero-order chi connectivity index (χ0) is 13.2. The molecule has 1 aromatic heterocycles. The summed E-state index contributed by atoms with van der Waals surface area (Å²) in [5.74, 6) is 0.456. The monoisotopic (exact) mass is 291 g/mol. The highest BCUT2D eigenvalue weighted by Crippen LogP contribution is 2.21. The van der Waals surface area contributed by atoms with Gasteiger partial charge in [0.05, 0.1) is 12.0 Å². The van der Waals surface area contributed by atoms with Crippen molar-refractivity contribution >= 4 is 25.6 Å². The second-order valence-electron chi connectivity index (χ2n) is 4.44. The van der Waals surface area contributed by atoms with Crippen LogP contribution in [0, 0.1) is 5.92 Å². The van der Waals surface area contributed by atoms with Gasteiger partial charge < -0.3 is 9.32 Å². The number of rotatable bonds is 5. The van der Waals surface area contributed by atoms with Crippen molar-refractivity contribution in [3.8, 4) is 0 Å². The third-order valence-corrected chi connectivity index (χ3v) is 4.19. The van der Waals surface area contributed by atoms with Crippen LogP contribution in [0.1, 0.15) is 12.2 Å². The standard InChI is InChI=1S/C11H14ClNO4S/c12-18(15,16)8-9-6-11(14)13(7-9)4-3-10-2-1-5-17-10/h1-2,5,9H,3-4,6-8H2. The number of halogens is 1. The molecule has 0 saturated carbocycles. The number of likely N-dealkylation sites (tertiary alicyclic amines) is 1. The Bertz CT molecular complexity index is 511. The van der Waals surface area contributed by atoms with Crippen molar-refractivity contribution in [2.45, 2.75) is 12.8 Å². The fourth-order valence-electron chi connectivity index (χ4n) is 2.16. The summed E-state index contributed by atoms with van der Waals surface area (Å²) in [4.78, 5) is 13.3. The lowest BCUT2D eigenvalue weighted by molar-refractivity contribution is -0.127. The lowest BCUT2D eigenvalue weighted by atomic mass is 10.1. The van der Waals surface area contributed by atoms with Crippen molar-refractivity contribution in [2.75, 3.05) is 18.8 Å². The number of hydrogen-bond acceptors (Lipinski definition) is 4. The molecule has 7 heteroatoms. The third-order valence-electron chi connectivity index (χ3n) is 2.94. The van der Waals surface area contributed by atoms with Gasteiger partial charge in [0, 0.05) is 42.5 Å². The van der Waals surface area contributed by atoms with Crippen LogP contribution in [0.2, 0.25) is 0 Å². The molecule has 0 radical (unpaired) electrons. The minimum atomic E-state index is -3.54. The van der Waals surface area contributed by atoms with Crippen LogP contribution in [0.3, 0.4) is 0 Å². The first kappa shape index (κ1) is 13.4. The predicted octanol–water partition coefficient (Wildman–Crippen LogP) is 1.24. The number of nitrogens with zero attached hydrogens (tertiary/aromatic N) is 1. The minimum absolute atomic E-state index is 0.0214. The second-order valence-corrected chi connectivity index (χ2v) is 7.27. The van der Waals surface area contributed by atoms with Gasteiger partial charge in [0.15, 0.2) is 0 Å². The van der Waals surface area contributed by atoms with Gasteiger partial charge in [0.2, 0.25) is 15.0 Å². The molecule has 1 aromatic rings. The first-order valence-corrected chi connectivity index (χ1v) is 8.14. The van der Waals surface area contributed by atoms with Crippen LogP contribution in [-0.4, -0.2) is 38.1 Å². The van der Waals surface area contributed by atoms with Crippen molar-refractivity contribution in [1.82, 2.24) is 4.90 Å². The molecule has 0 N–H and O–H groups in total. The largest absolute Gasteiger partial charge is 0.469 e. The maximum absolute atomic E-state index is 11.7. The van der Waals surface area contributed by atoms with Gasteiger partial charge in [-0.3, -0.25) is 4.79 Å². The fraction of sp³-hybridized carbons (Fsp3) is 0.545. The second kappa shape index (κ2) is 5.32. The fourth-order valence-corrected chi connectivity index (χ4v) is 3.48. The van der Waals surface area contributed by atoms with Crippen molar-refractivity contribution in [2.24, 2.45) is 5.92 Å². The van der Waals surface area contributed by atoms with E-state index in [1.165, 1.54) is 0 Å². The summed E-state index contributed by atoms with van der Waals surface area (Å²) in [6.45, 7) is 0.997. The molecule has 2 rings (SSSR count). The summed E-state index contributed by atoms with van der Waals surface area (Å²) >= 11 is 0. The van der Waals surface area contributed by atoms with Gasteiger partial charge in [0.1, 0.15) is 5.76 Å². The van der Waals surface area contributed by atoms with E-state index in [4.69, 9.17) is 15.1 Å². The molecule has 1 aliphatic rings. The molecule has 5 nitrogen and oxygen atoms in total. The summed E-state index contributed by atoms with van der Waals surface area (Å²) in [6, 6.07) is 3.64. The van der Waals surface area contributed by atoms with Crippen LogP contribution in [0.15, 0.2) is 22.8 Å². The molecule has 0 aromatic carbocycles. The van der Waals surface area contributed by atoms with E-state index in [1.807, 2.05) is 6.07 Å². The first-order valence-electron chi connectivity index (χ1n) is 5.66. The maximum atomic E-state index is 11.7. The molecule has 0 aliphatic carbocycles. The zero-order valence-corrected chi connectivity index (χ0v) is 11.3. The van der Waals surface area contributed by atoms with E-state index >= 15 is 0 Å². The van der Waals surface area contributed by atoms with Gasteiger partial charge in [-0.05, 0) is 12.1 Å². The van der Waals surface area contributed by atoms with E-state index < -0.39 is 9.05 Å². The molecule has 1 aliphatic heterocycles. The first-order chi connectivity index (χ1) is 8.44. The van der Waals surface area contributed by atoms with Crippen LogP contribution in [0.25, 0.3) is 0 Å². The molecule has 1 fully saturated rings. The van der Waals surface area contributed by atoms with Crippen molar-refractivity contribution < 1.29 is 17.6 Å². The summed E-state index contributed by atoms with van der Waals surface area (Å²) in [6.07, 6.45) is 2.48. The average Bonchev–Trinajstić information content (AvgIpc) is 2.83. The molecule has 18 heavy (non-hydrogen) atoms. The molecule has 1 atom stereocenters. The van der Waals surface area contributed by atoms with E-state index in [-0.39, 0.29) is 24.0 Å². The Morgan fingerprint density at radius 1 is 1.50 bits per heavy atom. The normalized spacial score (nSPS) is 20.6. The maximum Gasteiger partial charge on any atom is 0.232 e. The summed E-state index contributed by atoms with van der Waals surface area (Å²) in [5, 5.41) is 0. The van der Waals surface area contributed by atoms with Crippen LogP contribution in [-0.2, 0) is 20.3 Å². The molecular formula is C11H14ClNO4S. The topological polar surface area (TPSA) is 67.6 Å². The highest BCUT2D eigenvalue weighted by atomic mass is 35.7. The van der Waals surface area contributed by atoms with Crippen molar-refractivity contribution in [1.29, 1.82) is 0 Å². The number of carbonyl (C=O) groups excluding carboxylic acids is 1. The Hall–Kier alpha value is -1.01. The molecule has 1 amide bonds. The van der Waals surface area contributed by atoms with E-state index in [1.54, 1.807) is 17.2 Å². The lowest BCUT2D eigenvalue weighted by Gasteiger charge is -2.15. The lowest BCUT2D eigenvalue weighted by Crippen LogP contribution is -2.28. The summed E-state index contributed by atoms with van der Waals surface area (Å²) in [7, 11) is 1.66. The number of furan rings is 1. The Labute approximate surface area is 110 Å². The molecule has 0 bridgehead atoms.